The van der Waals surface area contributed by atoms with Crippen molar-refractivity contribution < 1.29 is 27.2 Å². The van der Waals surface area contributed by atoms with Crippen LogP contribution in [0.5, 0.6) is 5.75 Å². The van der Waals surface area contributed by atoms with E-state index < -0.39 is 11.7 Å². The van der Waals surface area contributed by atoms with Crippen LogP contribution in [-0.4, -0.2) is 45.9 Å². The number of halogens is 3. The van der Waals surface area contributed by atoms with Crippen molar-refractivity contribution in [2.24, 2.45) is 0 Å². The molecular weight excluding hydrogens is 425 g/mol. The monoisotopic (exact) mass is 448 g/mol. The maximum absolute atomic E-state index is 12.8. The molecular formula is C22H23F3N4O3. The molecule has 7 nitrogen and oxygen atoms in total. The number of carbonyl (C=O) groups excluding carboxylic acids is 1. The van der Waals surface area contributed by atoms with Crippen LogP contribution < -0.4 is 4.74 Å². The van der Waals surface area contributed by atoms with Gasteiger partial charge in [-0.1, -0.05) is 18.1 Å². The highest BCUT2D eigenvalue weighted by molar-refractivity contribution is 5.91. The molecule has 1 aliphatic heterocycles. The second-order valence-electron chi connectivity index (χ2n) is 7.71. The molecule has 3 aromatic rings. The fourth-order valence-corrected chi connectivity index (χ4v) is 3.68. The molecule has 0 bridgehead atoms. The number of nitrogens with one attached hydrogen (secondary N) is 1. The van der Waals surface area contributed by atoms with Gasteiger partial charge in [0.15, 0.2) is 0 Å². The number of carbonyl (C=O) groups is 1. The van der Waals surface area contributed by atoms with Crippen molar-refractivity contribution in [3.63, 3.8) is 0 Å². The number of aryl methyl sites for hydroxylation is 1. The number of aromatic nitrogens is 3. The van der Waals surface area contributed by atoms with Crippen molar-refractivity contribution in [1.29, 1.82) is 0 Å². The van der Waals surface area contributed by atoms with Crippen LogP contribution in [0.4, 0.5) is 13.2 Å². The average Bonchev–Trinajstić information content (AvgIpc) is 3.52. The summed E-state index contributed by atoms with van der Waals surface area (Å²) in [6.07, 6.45) is -2.45. The molecule has 0 unspecified atom stereocenters. The Morgan fingerprint density at radius 1 is 1.31 bits per heavy atom. The Morgan fingerprint density at radius 3 is 2.91 bits per heavy atom. The average molecular weight is 448 g/mol. The highest BCUT2D eigenvalue weighted by Crippen LogP contribution is 2.31. The van der Waals surface area contributed by atoms with Crippen molar-refractivity contribution in [2.75, 3.05) is 19.7 Å². The van der Waals surface area contributed by atoms with Crippen molar-refractivity contribution in [2.45, 2.75) is 38.3 Å². The largest absolute Gasteiger partial charge is 0.493 e. The molecule has 1 fully saturated rings. The lowest BCUT2D eigenvalue weighted by Gasteiger charge is -2.13. The van der Waals surface area contributed by atoms with E-state index in [4.69, 9.17) is 9.26 Å². The molecule has 0 saturated carbocycles. The Hall–Kier alpha value is -3.30. The number of alkyl halides is 3. The Morgan fingerprint density at radius 2 is 2.16 bits per heavy atom. The summed E-state index contributed by atoms with van der Waals surface area (Å²) in [7, 11) is 0. The minimum absolute atomic E-state index is 0.0990. The van der Waals surface area contributed by atoms with Crippen molar-refractivity contribution in [1.82, 2.24) is 20.3 Å². The Kier molecular flexibility index (Phi) is 6.20. The number of hydrogen-bond acceptors (Lipinski definition) is 5. The predicted molar refractivity (Wildman–Crippen MR) is 108 cm³/mol. The summed E-state index contributed by atoms with van der Waals surface area (Å²) < 4.78 is 49.0. The van der Waals surface area contributed by atoms with Gasteiger partial charge >= 0.3 is 6.18 Å². The van der Waals surface area contributed by atoms with Gasteiger partial charge in [-0.05, 0) is 37.1 Å². The number of amides is 1. The second kappa shape index (κ2) is 9.05. The second-order valence-corrected chi connectivity index (χ2v) is 7.71. The van der Waals surface area contributed by atoms with Crippen LogP contribution in [0.1, 0.15) is 52.5 Å². The summed E-state index contributed by atoms with van der Waals surface area (Å²) in [6.45, 7) is 3.29. The molecule has 1 amide bonds. The van der Waals surface area contributed by atoms with Gasteiger partial charge in [-0.3, -0.25) is 9.89 Å². The Labute approximate surface area is 182 Å². The molecule has 1 saturated heterocycles. The van der Waals surface area contributed by atoms with E-state index in [0.717, 1.165) is 35.6 Å². The van der Waals surface area contributed by atoms with Crippen LogP contribution in [0, 0.1) is 0 Å². The van der Waals surface area contributed by atoms with Crippen LogP contribution in [0.25, 0.3) is 0 Å². The van der Waals surface area contributed by atoms with Crippen molar-refractivity contribution >= 4 is 5.91 Å². The first kappa shape index (κ1) is 21.9. The topological polar surface area (TPSA) is 84.2 Å². The van der Waals surface area contributed by atoms with Gasteiger partial charge in [0.25, 0.3) is 5.91 Å². The van der Waals surface area contributed by atoms with Crippen LogP contribution in [-0.2, 0) is 19.0 Å². The number of H-pyrrole nitrogens is 1. The zero-order chi connectivity index (χ0) is 22.7. The van der Waals surface area contributed by atoms with Crippen LogP contribution >= 0.6 is 0 Å². The van der Waals surface area contributed by atoms with Gasteiger partial charge in [0, 0.05) is 37.2 Å². The van der Waals surface area contributed by atoms with E-state index in [1.807, 2.05) is 13.0 Å². The smallest absolute Gasteiger partial charge is 0.416 e. The summed E-state index contributed by atoms with van der Waals surface area (Å²) in [4.78, 5) is 14.3. The molecule has 0 aliphatic carbocycles. The van der Waals surface area contributed by atoms with E-state index in [2.05, 4.69) is 15.4 Å². The fourth-order valence-electron chi connectivity index (χ4n) is 3.68. The lowest BCUT2D eigenvalue weighted by Crippen LogP contribution is -2.28. The first-order valence-corrected chi connectivity index (χ1v) is 10.4. The molecule has 0 spiro atoms. The van der Waals surface area contributed by atoms with Gasteiger partial charge in [-0.15, -0.1) is 0 Å². The molecule has 1 atom stereocenters. The molecule has 4 rings (SSSR count). The number of ether oxygens (including phenoxy) is 1. The lowest BCUT2D eigenvalue weighted by atomic mass is 10.0. The molecule has 32 heavy (non-hydrogen) atoms. The van der Waals surface area contributed by atoms with Crippen molar-refractivity contribution in [3.8, 4) is 5.75 Å². The minimum atomic E-state index is -4.40. The Bertz CT molecular complexity index is 1080. The van der Waals surface area contributed by atoms with Gasteiger partial charge in [0.1, 0.15) is 5.75 Å². The summed E-state index contributed by atoms with van der Waals surface area (Å²) >= 11 is 0. The molecule has 10 heteroatoms. The standard InChI is InChI=1S/C22H23F3N4O3/c1-2-16-12-20(32-28-16)21(30)29-8-6-14(13-29)19-11-17(26-27-19)7-9-31-18-5-3-4-15(10-18)22(23,24)25/h3-5,10-12,14H,2,6-9,13H2,1H3,(H,26,27)/t14-/m1/s1. The van der Waals surface area contributed by atoms with E-state index in [9.17, 15) is 18.0 Å². The highest BCUT2D eigenvalue weighted by Gasteiger charge is 2.32. The number of hydrogen-bond donors (Lipinski definition) is 1. The highest BCUT2D eigenvalue weighted by atomic mass is 19.4. The first-order chi connectivity index (χ1) is 15.3. The normalized spacial score (nSPS) is 16.5. The number of rotatable bonds is 7. The van der Waals surface area contributed by atoms with E-state index in [-0.39, 0.29) is 29.9 Å². The van der Waals surface area contributed by atoms with Gasteiger partial charge in [-0.2, -0.15) is 18.3 Å². The van der Waals surface area contributed by atoms with Gasteiger partial charge in [0.2, 0.25) is 5.76 Å². The molecule has 1 aromatic carbocycles. The lowest BCUT2D eigenvalue weighted by molar-refractivity contribution is -0.137. The summed E-state index contributed by atoms with van der Waals surface area (Å²) in [5.41, 5.74) is 1.67. The third-order valence-electron chi connectivity index (χ3n) is 5.48. The first-order valence-electron chi connectivity index (χ1n) is 10.4. The molecule has 3 heterocycles. The van der Waals surface area contributed by atoms with Gasteiger partial charge in [-0.25, -0.2) is 0 Å². The molecule has 170 valence electrons. The predicted octanol–water partition coefficient (Wildman–Crippen LogP) is 4.23. The molecule has 1 N–H and O–H groups in total. The minimum Gasteiger partial charge on any atom is -0.493 e. The summed E-state index contributed by atoms with van der Waals surface area (Å²) in [6, 6.07) is 8.40. The van der Waals surface area contributed by atoms with E-state index in [1.165, 1.54) is 12.1 Å². The zero-order valence-electron chi connectivity index (χ0n) is 17.5. The summed E-state index contributed by atoms with van der Waals surface area (Å²) in [5.74, 6) is 0.340. The van der Waals surface area contributed by atoms with Crippen LogP contribution in [0.15, 0.2) is 40.9 Å². The number of aromatic amines is 1. The van der Waals surface area contributed by atoms with E-state index >= 15 is 0 Å². The number of nitrogens with zero attached hydrogens (tertiary/aromatic N) is 3. The third kappa shape index (κ3) is 4.95. The molecule has 0 radical (unpaired) electrons. The van der Waals surface area contributed by atoms with Crippen LogP contribution in [0.3, 0.4) is 0 Å². The van der Waals surface area contributed by atoms with Crippen molar-refractivity contribution in [3.05, 3.63) is 64.8 Å². The molecule has 1 aliphatic rings. The summed E-state index contributed by atoms with van der Waals surface area (Å²) in [5, 5.41) is 11.2. The van der Waals surface area contributed by atoms with Gasteiger partial charge < -0.3 is 14.2 Å². The maximum atomic E-state index is 12.8. The van der Waals surface area contributed by atoms with Crippen LogP contribution in [0.2, 0.25) is 0 Å². The zero-order valence-corrected chi connectivity index (χ0v) is 17.5. The Balaban J connectivity index is 1.29. The number of benzene rings is 1. The fraction of sp³-hybridized carbons (Fsp3) is 0.409. The third-order valence-corrected chi connectivity index (χ3v) is 5.48. The van der Waals surface area contributed by atoms with E-state index in [1.54, 1.807) is 11.0 Å². The quantitative estimate of drug-likeness (QED) is 0.585. The number of likely N-dealkylation sites (tertiary alicyclic amines) is 1. The van der Waals surface area contributed by atoms with Gasteiger partial charge in [0.05, 0.1) is 23.6 Å². The molecule has 2 aromatic heterocycles. The van der Waals surface area contributed by atoms with E-state index in [0.29, 0.717) is 25.9 Å². The maximum Gasteiger partial charge on any atom is 0.416 e. The SMILES string of the molecule is CCc1cc(C(=O)N2CC[C@@H](c3cc(CCOc4cccc(C(F)(F)F)c4)[nH]n3)C2)on1.